The first kappa shape index (κ1) is 15.0. The summed E-state index contributed by atoms with van der Waals surface area (Å²) >= 11 is 0. The highest BCUT2D eigenvalue weighted by atomic mass is 32.2. The van der Waals surface area contributed by atoms with E-state index in [-0.39, 0.29) is 16.8 Å². The Morgan fingerprint density at radius 1 is 1.50 bits per heavy atom. The number of carbonyl (C=O) groups is 1. The zero-order chi connectivity index (χ0) is 14.8. The Morgan fingerprint density at radius 3 is 2.80 bits per heavy atom. The molecule has 1 unspecified atom stereocenters. The lowest BCUT2D eigenvalue weighted by Crippen LogP contribution is -2.35. The molecule has 1 aromatic rings. The van der Waals surface area contributed by atoms with Crippen molar-refractivity contribution in [2.24, 2.45) is 5.14 Å². The first-order valence-electron chi connectivity index (χ1n) is 6.46. The van der Waals surface area contributed by atoms with E-state index in [0.29, 0.717) is 25.2 Å². The Bertz CT molecular complexity index is 607. The van der Waals surface area contributed by atoms with Gasteiger partial charge in [-0.15, -0.1) is 0 Å². The van der Waals surface area contributed by atoms with Crippen LogP contribution in [-0.4, -0.2) is 33.6 Å². The summed E-state index contributed by atoms with van der Waals surface area (Å²) in [7, 11) is -3.82. The van der Waals surface area contributed by atoms with Crippen LogP contribution in [0, 0.1) is 0 Å². The smallest absolute Gasteiger partial charge is 0.251 e. The van der Waals surface area contributed by atoms with Gasteiger partial charge in [-0.05, 0) is 30.5 Å². The summed E-state index contributed by atoms with van der Waals surface area (Å²) < 4.78 is 28.0. The maximum atomic E-state index is 12.3. The monoisotopic (exact) mass is 298 g/mol. The average Bonchev–Trinajstić information content (AvgIpc) is 2.89. The van der Waals surface area contributed by atoms with Crippen LogP contribution in [0.4, 0.5) is 0 Å². The van der Waals surface area contributed by atoms with Gasteiger partial charge in [0.15, 0.2) is 0 Å². The molecule has 1 saturated heterocycles. The topological polar surface area (TPSA) is 98.5 Å². The molecule has 0 saturated carbocycles. The lowest BCUT2D eigenvalue weighted by molar-refractivity contribution is 0.0929. The molecular weight excluding hydrogens is 280 g/mol. The molecule has 0 aromatic heterocycles. The minimum absolute atomic E-state index is 0.0228. The van der Waals surface area contributed by atoms with Crippen molar-refractivity contribution in [2.45, 2.75) is 30.7 Å². The summed E-state index contributed by atoms with van der Waals surface area (Å²) in [5.74, 6) is -0.289. The first-order valence-corrected chi connectivity index (χ1v) is 8.00. The van der Waals surface area contributed by atoms with Crippen molar-refractivity contribution >= 4 is 15.9 Å². The zero-order valence-electron chi connectivity index (χ0n) is 11.3. The molecule has 1 aliphatic rings. The summed E-state index contributed by atoms with van der Waals surface area (Å²) in [5.41, 5.74) is 1.14. The molecule has 1 amide bonds. The van der Waals surface area contributed by atoms with Gasteiger partial charge < -0.3 is 10.1 Å². The van der Waals surface area contributed by atoms with Crippen molar-refractivity contribution in [1.29, 1.82) is 0 Å². The number of nitrogens with one attached hydrogen (secondary N) is 1. The maximum Gasteiger partial charge on any atom is 0.251 e. The largest absolute Gasteiger partial charge is 0.379 e. The highest BCUT2D eigenvalue weighted by molar-refractivity contribution is 7.89. The minimum atomic E-state index is -3.82. The molecule has 110 valence electrons. The molecule has 0 aliphatic carbocycles. The van der Waals surface area contributed by atoms with Crippen molar-refractivity contribution in [1.82, 2.24) is 5.32 Å². The second kappa shape index (κ2) is 5.90. The van der Waals surface area contributed by atoms with E-state index < -0.39 is 10.0 Å². The predicted molar refractivity (Wildman–Crippen MR) is 73.9 cm³/mol. The number of benzene rings is 1. The number of hydrogen-bond acceptors (Lipinski definition) is 4. The summed E-state index contributed by atoms with van der Waals surface area (Å²) in [6, 6.07) is 4.35. The second-order valence-corrected chi connectivity index (χ2v) is 6.31. The molecule has 3 N–H and O–H groups in total. The van der Waals surface area contributed by atoms with Gasteiger partial charge in [0.05, 0.1) is 17.5 Å². The van der Waals surface area contributed by atoms with Gasteiger partial charge in [-0.2, -0.15) is 0 Å². The third-order valence-electron chi connectivity index (χ3n) is 3.30. The zero-order valence-corrected chi connectivity index (χ0v) is 12.1. The average molecular weight is 298 g/mol. The minimum Gasteiger partial charge on any atom is -0.379 e. The van der Waals surface area contributed by atoms with E-state index in [0.717, 1.165) is 12.0 Å². The van der Waals surface area contributed by atoms with Crippen LogP contribution in [0.2, 0.25) is 0 Å². The van der Waals surface area contributed by atoms with E-state index in [1.54, 1.807) is 6.07 Å². The predicted octanol–water partition coefficient (Wildman–Crippen LogP) is 0.415. The van der Waals surface area contributed by atoms with Crippen LogP contribution in [0.5, 0.6) is 0 Å². The molecule has 1 aliphatic heterocycles. The number of ether oxygens (including phenoxy) is 1. The van der Waals surface area contributed by atoms with Crippen LogP contribution in [0.1, 0.15) is 29.3 Å². The number of aryl methyl sites for hydroxylation is 1. The van der Waals surface area contributed by atoms with E-state index in [4.69, 9.17) is 9.88 Å². The Labute approximate surface area is 118 Å². The van der Waals surface area contributed by atoms with E-state index in [9.17, 15) is 13.2 Å². The third-order valence-corrected chi connectivity index (χ3v) is 4.21. The van der Waals surface area contributed by atoms with E-state index in [1.807, 2.05) is 6.92 Å². The van der Waals surface area contributed by atoms with Gasteiger partial charge in [-0.25, -0.2) is 13.6 Å². The number of hydrogen-bond donors (Lipinski definition) is 2. The summed E-state index contributed by atoms with van der Waals surface area (Å²) in [5, 5.41) is 7.95. The second-order valence-electron chi connectivity index (χ2n) is 4.75. The standard InChI is InChI=1S/C13H18N2O4S/c1-2-9-3-4-11(20(14,17)18)7-12(9)13(16)15-10-5-6-19-8-10/h3-4,7,10H,2,5-6,8H2,1H3,(H,15,16)(H2,14,17,18). The molecule has 1 atom stereocenters. The molecular formula is C13H18N2O4S. The Kier molecular flexibility index (Phi) is 4.42. The van der Waals surface area contributed by atoms with Crippen LogP contribution >= 0.6 is 0 Å². The molecule has 1 heterocycles. The van der Waals surface area contributed by atoms with Gasteiger partial charge in [-0.1, -0.05) is 13.0 Å². The molecule has 0 radical (unpaired) electrons. The van der Waals surface area contributed by atoms with Gasteiger partial charge in [0.25, 0.3) is 5.91 Å². The Morgan fingerprint density at radius 2 is 2.25 bits per heavy atom. The fourth-order valence-corrected chi connectivity index (χ4v) is 2.70. The van der Waals surface area contributed by atoms with E-state index >= 15 is 0 Å². The van der Waals surface area contributed by atoms with Crippen molar-refractivity contribution in [3.63, 3.8) is 0 Å². The molecule has 7 heteroatoms. The lowest BCUT2D eigenvalue weighted by Gasteiger charge is -2.14. The quantitative estimate of drug-likeness (QED) is 0.841. The van der Waals surface area contributed by atoms with Crippen molar-refractivity contribution in [2.75, 3.05) is 13.2 Å². The highest BCUT2D eigenvalue weighted by Crippen LogP contribution is 2.17. The third kappa shape index (κ3) is 3.36. The molecule has 0 spiro atoms. The van der Waals surface area contributed by atoms with E-state index in [1.165, 1.54) is 12.1 Å². The van der Waals surface area contributed by atoms with Crippen molar-refractivity contribution in [3.05, 3.63) is 29.3 Å². The van der Waals surface area contributed by atoms with Crippen molar-refractivity contribution in [3.8, 4) is 0 Å². The molecule has 20 heavy (non-hydrogen) atoms. The van der Waals surface area contributed by atoms with Crippen LogP contribution in [-0.2, 0) is 21.2 Å². The SMILES string of the molecule is CCc1ccc(S(N)(=O)=O)cc1C(=O)NC1CCOC1. The summed E-state index contributed by atoms with van der Waals surface area (Å²) in [6.45, 7) is 3.02. The normalized spacial score (nSPS) is 19.0. The number of carbonyl (C=O) groups excluding carboxylic acids is 1. The number of rotatable bonds is 4. The Hall–Kier alpha value is -1.44. The summed E-state index contributed by atoms with van der Waals surface area (Å²) in [6.07, 6.45) is 1.40. The fraction of sp³-hybridized carbons (Fsp3) is 0.462. The lowest BCUT2D eigenvalue weighted by atomic mass is 10.0. The molecule has 6 nitrogen and oxygen atoms in total. The van der Waals surface area contributed by atoms with Crippen molar-refractivity contribution < 1.29 is 17.9 Å². The van der Waals surface area contributed by atoms with Crippen LogP contribution in [0.25, 0.3) is 0 Å². The van der Waals surface area contributed by atoms with Gasteiger partial charge in [0, 0.05) is 12.2 Å². The first-order chi connectivity index (χ1) is 9.41. The highest BCUT2D eigenvalue weighted by Gasteiger charge is 2.21. The summed E-state index contributed by atoms with van der Waals surface area (Å²) in [4.78, 5) is 12.2. The van der Waals surface area contributed by atoms with Gasteiger partial charge in [0.1, 0.15) is 0 Å². The van der Waals surface area contributed by atoms with Crippen LogP contribution in [0.3, 0.4) is 0 Å². The fourth-order valence-electron chi connectivity index (χ4n) is 2.16. The van der Waals surface area contributed by atoms with Gasteiger partial charge in [-0.3, -0.25) is 4.79 Å². The molecule has 1 fully saturated rings. The number of sulfonamides is 1. The number of amides is 1. The van der Waals surface area contributed by atoms with Crippen LogP contribution in [0.15, 0.2) is 23.1 Å². The maximum absolute atomic E-state index is 12.3. The molecule has 0 bridgehead atoms. The number of primary sulfonamides is 1. The van der Waals surface area contributed by atoms with Gasteiger partial charge >= 0.3 is 0 Å². The molecule has 2 rings (SSSR count). The van der Waals surface area contributed by atoms with Gasteiger partial charge in [0.2, 0.25) is 10.0 Å². The van der Waals surface area contributed by atoms with E-state index in [2.05, 4.69) is 5.32 Å². The Balaban J connectivity index is 2.29. The number of nitrogens with two attached hydrogens (primary N) is 1. The molecule has 1 aromatic carbocycles. The van der Waals surface area contributed by atoms with Crippen LogP contribution < -0.4 is 10.5 Å².